The van der Waals surface area contributed by atoms with Crippen molar-refractivity contribution in [3.8, 4) is 0 Å². The summed E-state index contributed by atoms with van der Waals surface area (Å²) in [6, 6.07) is 0. The van der Waals surface area contributed by atoms with E-state index in [4.69, 9.17) is 0 Å². The Morgan fingerprint density at radius 2 is 0.269 bits per heavy atom. The lowest BCUT2D eigenvalue weighted by Crippen LogP contribution is -2.54. The van der Waals surface area contributed by atoms with Crippen LogP contribution in [0.1, 0.15) is 413 Å². The average molecular weight is 1110 g/mol. The molecule has 4 unspecified atom stereocenters. The molecule has 0 aliphatic heterocycles. The van der Waals surface area contributed by atoms with Crippen LogP contribution in [0.5, 0.6) is 0 Å². The average Bonchev–Trinajstić information content (AvgIpc) is 3.43. The maximum atomic E-state index is 11.7. The van der Waals surface area contributed by atoms with Gasteiger partial charge >= 0.3 is 0 Å². The third kappa shape index (κ3) is 60.4. The smallest absolute Gasteiger partial charge is 0.0681 e. The third-order valence-corrected chi connectivity index (χ3v) is 17.6. The Balaban J connectivity index is 5.37. The van der Waals surface area contributed by atoms with Gasteiger partial charge in [-0.2, -0.15) is 0 Å². The zero-order valence-electron chi connectivity index (χ0n) is 54.2. The van der Waals surface area contributed by atoms with Crippen LogP contribution < -0.4 is 0 Å². The molecule has 0 radical (unpaired) electrons. The minimum atomic E-state index is -0.496. The molecule has 0 spiro atoms. The second-order valence-corrected chi connectivity index (χ2v) is 25.9. The van der Waals surface area contributed by atoms with Crippen molar-refractivity contribution in [2.45, 2.75) is 437 Å². The normalized spacial score (nSPS) is 13.6. The number of aliphatic hydroxyl groups is 4. The predicted octanol–water partition coefficient (Wildman–Crippen LogP) is 22.4. The lowest BCUT2D eigenvalue weighted by molar-refractivity contribution is -0.111. The molecule has 0 heterocycles. The maximum absolute atomic E-state index is 11.7. The van der Waals surface area contributed by atoms with E-state index in [1.165, 1.54) is 308 Å². The first-order valence-corrected chi connectivity index (χ1v) is 36.6. The van der Waals surface area contributed by atoms with E-state index in [2.05, 4.69) is 37.7 Å². The van der Waals surface area contributed by atoms with Gasteiger partial charge in [-0.25, -0.2) is 10.0 Å². The summed E-state index contributed by atoms with van der Waals surface area (Å²) in [5.41, 5.74) is 0. The fourth-order valence-electron chi connectivity index (χ4n) is 12.2. The van der Waals surface area contributed by atoms with E-state index in [1.807, 2.05) is 0 Å². The fourth-order valence-corrected chi connectivity index (χ4v) is 12.2. The minimum Gasteiger partial charge on any atom is -0.392 e. The van der Waals surface area contributed by atoms with Crippen LogP contribution in [0, 0.1) is 0 Å². The summed E-state index contributed by atoms with van der Waals surface area (Å²) < 4.78 is 0. The Labute approximate surface area is 491 Å². The van der Waals surface area contributed by atoms with Gasteiger partial charge in [0.25, 0.3) is 0 Å². The van der Waals surface area contributed by atoms with Gasteiger partial charge in [-0.3, -0.25) is 0 Å². The molecule has 0 aromatic rings. The number of nitrogens with zero attached hydrogens (tertiary/aromatic N) is 2. The first-order chi connectivity index (χ1) is 38.4. The Morgan fingerprint density at radius 3 is 0.385 bits per heavy atom. The topological polar surface area (TPSA) is 87.4 Å². The molecular formula is C72H148N2O4. The largest absolute Gasteiger partial charge is 0.392 e. The van der Waals surface area contributed by atoms with Crippen LogP contribution in [0.2, 0.25) is 0 Å². The van der Waals surface area contributed by atoms with Crippen molar-refractivity contribution in [3.05, 3.63) is 0 Å². The summed E-state index contributed by atoms with van der Waals surface area (Å²) in [5.74, 6) is 0. The van der Waals surface area contributed by atoms with Gasteiger partial charge in [-0.1, -0.05) is 387 Å². The number of hydrogen-bond donors (Lipinski definition) is 4. The van der Waals surface area contributed by atoms with E-state index < -0.39 is 24.4 Å². The number of unbranched alkanes of at least 4 members (excludes halogenated alkanes) is 52. The molecule has 0 amide bonds. The standard InChI is InChI=1S/C72H148N2O4/c1-5-9-13-17-21-25-29-33-37-41-45-49-53-57-61-69(75)65-73(66-70(76)62-58-54-50-46-42-38-34-30-26-22-18-14-10-6-2)74(67-71(77)63-59-55-51-47-43-39-35-31-27-23-19-15-11-7-3)68-72(78)64-60-56-52-48-44-40-36-32-28-24-20-16-12-8-4/h69-72,75-78H,5-68H2,1-4H3. The molecular weight excluding hydrogens is 957 g/mol. The summed E-state index contributed by atoms with van der Waals surface area (Å²) in [7, 11) is 0. The summed E-state index contributed by atoms with van der Waals surface area (Å²) >= 11 is 0. The highest BCUT2D eigenvalue weighted by Crippen LogP contribution is 2.21. The van der Waals surface area contributed by atoms with Crippen LogP contribution in [-0.2, 0) is 0 Å². The molecule has 0 aliphatic carbocycles. The summed E-state index contributed by atoms with van der Waals surface area (Å²) in [6.07, 6.45) is 75.4. The Morgan fingerprint density at radius 1 is 0.167 bits per heavy atom. The SMILES string of the molecule is CCCCCCCCCCCCCCCCC(O)CN(CC(O)CCCCCCCCCCCCCCCC)N(CC(O)CCCCCCCCCCCCCCCC)CC(O)CCCCCCCCCCCCCCCC. The van der Waals surface area contributed by atoms with Gasteiger partial charge in [0.05, 0.1) is 24.4 Å². The van der Waals surface area contributed by atoms with Crippen LogP contribution >= 0.6 is 0 Å². The van der Waals surface area contributed by atoms with Crippen LogP contribution in [0.4, 0.5) is 0 Å². The van der Waals surface area contributed by atoms with E-state index in [0.717, 1.165) is 77.0 Å². The molecule has 0 aromatic heterocycles. The van der Waals surface area contributed by atoms with Crippen molar-refractivity contribution in [2.75, 3.05) is 26.2 Å². The first kappa shape index (κ1) is 77.8. The summed E-state index contributed by atoms with van der Waals surface area (Å²) in [6.45, 7) is 11.0. The first-order valence-electron chi connectivity index (χ1n) is 36.6. The van der Waals surface area contributed by atoms with Crippen LogP contribution in [0.25, 0.3) is 0 Å². The van der Waals surface area contributed by atoms with Gasteiger partial charge in [-0.05, 0) is 25.7 Å². The fraction of sp³-hybridized carbons (Fsp3) is 1.00. The second kappa shape index (κ2) is 65.9. The highest BCUT2D eigenvalue weighted by molar-refractivity contribution is 4.75. The molecule has 0 rings (SSSR count). The van der Waals surface area contributed by atoms with Gasteiger partial charge in [0.1, 0.15) is 0 Å². The van der Waals surface area contributed by atoms with E-state index >= 15 is 0 Å². The Bertz CT molecular complexity index is 917. The van der Waals surface area contributed by atoms with Crippen molar-refractivity contribution in [1.29, 1.82) is 0 Å². The minimum absolute atomic E-state index is 0.450. The van der Waals surface area contributed by atoms with Gasteiger partial charge in [0, 0.05) is 26.2 Å². The Kier molecular flexibility index (Phi) is 65.7. The molecule has 0 aromatic carbocycles. The quantitative estimate of drug-likeness (QED) is 0.0359. The maximum Gasteiger partial charge on any atom is 0.0681 e. The molecule has 0 bridgehead atoms. The highest BCUT2D eigenvalue weighted by Gasteiger charge is 2.26. The highest BCUT2D eigenvalue weighted by atomic mass is 16.3. The van der Waals surface area contributed by atoms with Crippen molar-refractivity contribution in [3.63, 3.8) is 0 Å². The monoisotopic (exact) mass is 1110 g/mol. The van der Waals surface area contributed by atoms with Crippen LogP contribution in [-0.4, -0.2) is 81.0 Å². The lowest BCUT2D eigenvalue weighted by Gasteiger charge is -2.39. The van der Waals surface area contributed by atoms with Crippen LogP contribution in [0.15, 0.2) is 0 Å². The van der Waals surface area contributed by atoms with Gasteiger partial charge in [-0.15, -0.1) is 0 Å². The van der Waals surface area contributed by atoms with E-state index in [0.29, 0.717) is 26.2 Å². The molecule has 470 valence electrons. The van der Waals surface area contributed by atoms with Gasteiger partial charge in [0.2, 0.25) is 0 Å². The Hall–Kier alpha value is -0.240. The summed E-state index contributed by atoms with van der Waals surface area (Å²) in [4.78, 5) is 0. The molecule has 4 N–H and O–H groups in total. The molecule has 4 atom stereocenters. The lowest BCUT2D eigenvalue weighted by atomic mass is 10.0. The molecule has 0 saturated carbocycles. The number of hydrazine groups is 1. The number of rotatable bonds is 69. The van der Waals surface area contributed by atoms with Gasteiger partial charge in [0.15, 0.2) is 0 Å². The number of hydrogen-bond acceptors (Lipinski definition) is 6. The van der Waals surface area contributed by atoms with Crippen molar-refractivity contribution in [2.24, 2.45) is 0 Å². The molecule has 0 fully saturated rings. The van der Waals surface area contributed by atoms with E-state index in [9.17, 15) is 20.4 Å². The number of aliphatic hydroxyl groups excluding tert-OH is 4. The molecule has 6 heteroatoms. The van der Waals surface area contributed by atoms with Gasteiger partial charge < -0.3 is 20.4 Å². The zero-order valence-corrected chi connectivity index (χ0v) is 54.2. The molecule has 78 heavy (non-hydrogen) atoms. The molecule has 6 nitrogen and oxygen atoms in total. The predicted molar refractivity (Wildman–Crippen MR) is 347 cm³/mol. The second-order valence-electron chi connectivity index (χ2n) is 25.9. The van der Waals surface area contributed by atoms with E-state index in [1.54, 1.807) is 0 Å². The molecule has 0 aliphatic rings. The third-order valence-electron chi connectivity index (χ3n) is 17.6. The van der Waals surface area contributed by atoms with Crippen molar-refractivity contribution in [1.82, 2.24) is 10.0 Å². The van der Waals surface area contributed by atoms with Crippen molar-refractivity contribution < 1.29 is 20.4 Å². The van der Waals surface area contributed by atoms with E-state index in [-0.39, 0.29) is 0 Å². The summed E-state index contributed by atoms with van der Waals surface area (Å²) in [5, 5.41) is 51.0. The zero-order chi connectivity index (χ0) is 56.7. The van der Waals surface area contributed by atoms with Crippen molar-refractivity contribution >= 4 is 0 Å². The molecule has 0 saturated heterocycles. The van der Waals surface area contributed by atoms with Crippen LogP contribution in [0.3, 0.4) is 0 Å².